The zero-order valence-corrected chi connectivity index (χ0v) is 12.2. The van der Waals surface area contributed by atoms with Gasteiger partial charge in [0, 0.05) is 29.8 Å². The highest BCUT2D eigenvalue weighted by Gasteiger charge is 2.18. The van der Waals surface area contributed by atoms with Crippen molar-refractivity contribution in [3.05, 3.63) is 29.6 Å². The highest BCUT2D eigenvalue weighted by molar-refractivity contribution is 9.09. The van der Waals surface area contributed by atoms with Crippen molar-refractivity contribution in [3.63, 3.8) is 0 Å². The fourth-order valence-electron chi connectivity index (χ4n) is 1.58. The minimum Gasteiger partial charge on any atom is -0.336 e. The summed E-state index contributed by atoms with van der Waals surface area (Å²) >= 11 is 3.39. The number of carbonyl (C=O) groups is 1. The van der Waals surface area contributed by atoms with E-state index in [0.717, 1.165) is 24.0 Å². The van der Waals surface area contributed by atoms with Crippen molar-refractivity contribution in [2.45, 2.75) is 33.2 Å². The highest BCUT2D eigenvalue weighted by Crippen LogP contribution is 2.09. The Morgan fingerprint density at radius 3 is 2.65 bits per heavy atom. The summed E-state index contributed by atoms with van der Waals surface area (Å²) in [5.41, 5.74) is 1.59. The number of hydrogen-bond acceptors (Lipinski definition) is 2. The van der Waals surface area contributed by atoms with Gasteiger partial charge in [-0.1, -0.05) is 15.9 Å². The third-order valence-corrected chi connectivity index (χ3v) is 3.14. The third kappa shape index (κ3) is 4.11. The quantitative estimate of drug-likeness (QED) is 0.783. The van der Waals surface area contributed by atoms with Crippen LogP contribution >= 0.6 is 15.9 Å². The van der Waals surface area contributed by atoms with Crippen LogP contribution in [0.1, 0.15) is 36.3 Å². The number of aryl methyl sites for hydroxylation is 1. The van der Waals surface area contributed by atoms with Gasteiger partial charge in [0.25, 0.3) is 5.91 Å². The monoisotopic (exact) mass is 298 g/mol. The maximum atomic E-state index is 12.3. The summed E-state index contributed by atoms with van der Waals surface area (Å²) in [6.07, 6.45) is 2.62. The minimum atomic E-state index is 0.0634. The lowest BCUT2D eigenvalue weighted by molar-refractivity contribution is 0.0706. The molecule has 4 heteroatoms. The Bertz CT molecular complexity index is 362. The van der Waals surface area contributed by atoms with E-state index in [-0.39, 0.29) is 11.9 Å². The van der Waals surface area contributed by atoms with Crippen LogP contribution in [0, 0.1) is 6.92 Å². The van der Waals surface area contributed by atoms with E-state index in [1.54, 1.807) is 6.20 Å². The number of carbonyl (C=O) groups excluding carboxylic acids is 1. The molecule has 17 heavy (non-hydrogen) atoms. The molecule has 94 valence electrons. The molecule has 1 amide bonds. The zero-order chi connectivity index (χ0) is 12.8. The van der Waals surface area contributed by atoms with Gasteiger partial charge in [-0.2, -0.15) is 0 Å². The van der Waals surface area contributed by atoms with Gasteiger partial charge < -0.3 is 4.90 Å². The lowest BCUT2D eigenvalue weighted by Crippen LogP contribution is -2.37. The van der Waals surface area contributed by atoms with E-state index in [4.69, 9.17) is 0 Å². The van der Waals surface area contributed by atoms with Gasteiger partial charge in [0.05, 0.1) is 5.56 Å². The molecule has 1 heterocycles. The van der Waals surface area contributed by atoms with Crippen molar-refractivity contribution in [2.75, 3.05) is 11.9 Å². The van der Waals surface area contributed by atoms with Crippen LogP contribution in [0.4, 0.5) is 0 Å². The van der Waals surface area contributed by atoms with Gasteiger partial charge >= 0.3 is 0 Å². The van der Waals surface area contributed by atoms with Gasteiger partial charge in [0.15, 0.2) is 0 Å². The largest absolute Gasteiger partial charge is 0.336 e. The summed E-state index contributed by atoms with van der Waals surface area (Å²) in [7, 11) is 0. The van der Waals surface area contributed by atoms with E-state index in [9.17, 15) is 4.79 Å². The molecule has 0 saturated heterocycles. The van der Waals surface area contributed by atoms with Crippen LogP contribution in [-0.2, 0) is 0 Å². The number of amides is 1. The molecule has 0 aliphatic heterocycles. The molecule has 0 aliphatic carbocycles. The van der Waals surface area contributed by atoms with Crippen LogP contribution < -0.4 is 0 Å². The normalized spacial score (nSPS) is 10.6. The summed E-state index contributed by atoms with van der Waals surface area (Å²) in [4.78, 5) is 18.3. The first-order valence-electron chi connectivity index (χ1n) is 5.86. The Morgan fingerprint density at radius 1 is 1.47 bits per heavy atom. The topological polar surface area (TPSA) is 33.2 Å². The average Bonchev–Trinajstić information content (AvgIpc) is 2.29. The first kappa shape index (κ1) is 14.2. The second-order valence-corrected chi connectivity index (χ2v) is 5.12. The first-order valence-corrected chi connectivity index (χ1v) is 6.98. The second-order valence-electron chi connectivity index (χ2n) is 4.32. The van der Waals surface area contributed by atoms with Crippen molar-refractivity contribution in [1.29, 1.82) is 0 Å². The number of aromatic nitrogens is 1. The van der Waals surface area contributed by atoms with E-state index >= 15 is 0 Å². The van der Waals surface area contributed by atoms with E-state index in [1.807, 2.05) is 37.8 Å². The Balaban J connectivity index is 2.80. The number of alkyl halides is 1. The SMILES string of the molecule is Cc1ccc(C(=O)N(CCCBr)C(C)C)cn1. The first-order chi connectivity index (χ1) is 8.06. The van der Waals surface area contributed by atoms with Crippen molar-refractivity contribution in [1.82, 2.24) is 9.88 Å². The average molecular weight is 299 g/mol. The highest BCUT2D eigenvalue weighted by atomic mass is 79.9. The molecule has 0 unspecified atom stereocenters. The molecular weight excluding hydrogens is 280 g/mol. The molecule has 0 aliphatic rings. The fourth-order valence-corrected chi connectivity index (χ4v) is 1.84. The van der Waals surface area contributed by atoms with Gasteiger partial charge in [-0.05, 0) is 39.3 Å². The van der Waals surface area contributed by atoms with Gasteiger partial charge in [0.1, 0.15) is 0 Å². The number of halogens is 1. The number of hydrogen-bond donors (Lipinski definition) is 0. The van der Waals surface area contributed by atoms with E-state index in [0.29, 0.717) is 5.56 Å². The fraction of sp³-hybridized carbons (Fsp3) is 0.538. The molecular formula is C13H19BrN2O. The van der Waals surface area contributed by atoms with E-state index < -0.39 is 0 Å². The lowest BCUT2D eigenvalue weighted by Gasteiger charge is -2.26. The van der Waals surface area contributed by atoms with Crippen LogP contribution in [0.25, 0.3) is 0 Å². The van der Waals surface area contributed by atoms with Crippen LogP contribution in [0.5, 0.6) is 0 Å². The molecule has 0 atom stereocenters. The van der Waals surface area contributed by atoms with Crippen LogP contribution in [-0.4, -0.2) is 33.7 Å². The van der Waals surface area contributed by atoms with Crippen molar-refractivity contribution >= 4 is 21.8 Å². The molecule has 1 rings (SSSR count). The third-order valence-electron chi connectivity index (χ3n) is 2.58. The molecule has 0 saturated carbocycles. The standard InChI is InChI=1S/C13H19BrN2O/c1-10(2)16(8-4-7-14)13(17)12-6-5-11(3)15-9-12/h5-6,9-10H,4,7-8H2,1-3H3. The molecule has 0 spiro atoms. The maximum absolute atomic E-state index is 12.3. The summed E-state index contributed by atoms with van der Waals surface area (Å²) < 4.78 is 0. The number of rotatable bonds is 5. The van der Waals surface area contributed by atoms with Crippen LogP contribution in [0.15, 0.2) is 18.3 Å². The zero-order valence-electron chi connectivity index (χ0n) is 10.6. The second kappa shape index (κ2) is 6.74. The Hall–Kier alpha value is -0.900. The minimum absolute atomic E-state index is 0.0634. The smallest absolute Gasteiger partial charge is 0.255 e. The molecule has 0 fully saturated rings. The van der Waals surface area contributed by atoms with Gasteiger partial charge in [0.2, 0.25) is 0 Å². The molecule has 1 aromatic rings. The Labute approximate surface area is 111 Å². The van der Waals surface area contributed by atoms with Gasteiger partial charge in [-0.25, -0.2) is 0 Å². The Kier molecular flexibility index (Phi) is 5.62. The van der Waals surface area contributed by atoms with Crippen LogP contribution in [0.3, 0.4) is 0 Å². The summed E-state index contributed by atoms with van der Waals surface area (Å²) in [6.45, 7) is 6.76. The number of pyridine rings is 1. The molecule has 0 bridgehead atoms. The molecule has 1 aromatic heterocycles. The summed E-state index contributed by atoms with van der Waals surface area (Å²) in [5, 5.41) is 0.912. The molecule has 0 N–H and O–H groups in total. The molecule has 0 aromatic carbocycles. The Morgan fingerprint density at radius 2 is 2.18 bits per heavy atom. The van der Waals surface area contributed by atoms with Gasteiger partial charge in [-0.3, -0.25) is 9.78 Å². The molecule has 3 nitrogen and oxygen atoms in total. The summed E-state index contributed by atoms with van der Waals surface area (Å²) in [6, 6.07) is 3.92. The predicted molar refractivity (Wildman–Crippen MR) is 73.6 cm³/mol. The molecule has 0 radical (unpaired) electrons. The van der Waals surface area contributed by atoms with Crippen LogP contribution in [0.2, 0.25) is 0 Å². The van der Waals surface area contributed by atoms with Gasteiger partial charge in [-0.15, -0.1) is 0 Å². The predicted octanol–water partition coefficient (Wildman–Crippen LogP) is 3.03. The number of nitrogens with zero attached hydrogens (tertiary/aromatic N) is 2. The van der Waals surface area contributed by atoms with E-state index in [2.05, 4.69) is 20.9 Å². The van der Waals surface area contributed by atoms with Crippen molar-refractivity contribution < 1.29 is 4.79 Å². The lowest BCUT2D eigenvalue weighted by atomic mass is 10.2. The van der Waals surface area contributed by atoms with Crippen molar-refractivity contribution in [3.8, 4) is 0 Å². The maximum Gasteiger partial charge on any atom is 0.255 e. The van der Waals surface area contributed by atoms with Crippen molar-refractivity contribution in [2.24, 2.45) is 0 Å². The van der Waals surface area contributed by atoms with E-state index in [1.165, 1.54) is 0 Å². The summed E-state index contributed by atoms with van der Waals surface area (Å²) in [5.74, 6) is 0.0634.